The number of benzene rings is 2. The fourth-order valence-corrected chi connectivity index (χ4v) is 3.17. The summed E-state index contributed by atoms with van der Waals surface area (Å²) in [7, 11) is 3.53. The van der Waals surface area contributed by atoms with Gasteiger partial charge in [0.2, 0.25) is 11.2 Å². The summed E-state index contributed by atoms with van der Waals surface area (Å²) in [5, 5.41) is 10.1. The first-order valence-electron chi connectivity index (χ1n) is 8.04. The average molecular weight is 399 g/mol. The number of rotatable bonds is 3. The Balaban J connectivity index is 2.48. The Morgan fingerprint density at radius 3 is 2.41 bits per heavy atom. The second-order valence-corrected chi connectivity index (χ2v) is 6.84. The number of halogens is 4. The molecule has 3 aromatic rings. The van der Waals surface area contributed by atoms with Crippen LogP contribution in [-0.4, -0.2) is 19.2 Å². The number of quaternary nitrogens is 1. The minimum atomic E-state index is -4.92. The summed E-state index contributed by atoms with van der Waals surface area (Å²) >= 11 is 6.04. The predicted molar refractivity (Wildman–Crippen MR) is 96.1 cm³/mol. The van der Waals surface area contributed by atoms with Crippen LogP contribution >= 0.6 is 11.6 Å². The molecular formula is C19H16ClF3NO3+. The van der Waals surface area contributed by atoms with Crippen molar-refractivity contribution in [3.05, 3.63) is 63.0 Å². The Hall–Kier alpha value is -2.51. The maximum Gasteiger partial charge on any atom is 0.450 e. The SMILES string of the molecule is C[NH+](C)Cc1c(O)ccc2c(=O)c(-c3ccccc3Cl)c(C(F)(F)F)oc12. The second kappa shape index (κ2) is 6.90. The molecule has 2 N–H and O–H groups in total. The summed E-state index contributed by atoms with van der Waals surface area (Å²) in [5.41, 5.74) is -1.69. The first kappa shape index (κ1) is 19.3. The number of aromatic hydroxyl groups is 1. The Bertz CT molecular complexity index is 1070. The monoisotopic (exact) mass is 398 g/mol. The summed E-state index contributed by atoms with van der Waals surface area (Å²) in [4.78, 5) is 13.8. The van der Waals surface area contributed by atoms with E-state index in [1.165, 1.54) is 30.3 Å². The van der Waals surface area contributed by atoms with E-state index in [0.29, 0.717) is 0 Å². The molecule has 0 saturated carbocycles. The lowest BCUT2D eigenvalue weighted by Gasteiger charge is -2.16. The highest BCUT2D eigenvalue weighted by molar-refractivity contribution is 6.33. The fraction of sp³-hybridized carbons (Fsp3) is 0.211. The van der Waals surface area contributed by atoms with Gasteiger partial charge in [-0.1, -0.05) is 29.8 Å². The van der Waals surface area contributed by atoms with Gasteiger partial charge in [0.15, 0.2) is 5.58 Å². The van der Waals surface area contributed by atoms with Crippen molar-refractivity contribution in [3.63, 3.8) is 0 Å². The molecule has 142 valence electrons. The second-order valence-electron chi connectivity index (χ2n) is 6.44. The summed E-state index contributed by atoms with van der Waals surface area (Å²) < 4.78 is 46.4. The third-order valence-electron chi connectivity index (χ3n) is 4.07. The Morgan fingerprint density at radius 1 is 1.15 bits per heavy atom. The quantitative estimate of drug-likeness (QED) is 0.710. The highest BCUT2D eigenvalue weighted by atomic mass is 35.5. The molecule has 0 aliphatic rings. The van der Waals surface area contributed by atoms with Crippen molar-refractivity contribution in [2.45, 2.75) is 12.7 Å². The molecule has 0 saturated heterocycles. The predicted octanol–water partition coefficient (Wildman–Crippen LogP) is 3.48. The average Bonchev–Trinajstić information content (AvgIpc) is 2.57. The zero-order valence-corrected chi connectivity index (χ0v) is 15.2. The Kier molecular flexibility index (Phi) is 4.92. The summed E-state index contributed by atoms with van der Waals surface area (Å²) in [6, 6.07) is 8.31. The molecule has 1 aromatic heterocycles. The van der Waals surface area contributed by atoms with Gasteiger partial charge in [-0.3, -0.25) is 4.79 Å². The van der Waals surface area contributed by atoms with E-state index in [1.807, 2.05) is 0 Å². The van der Waals surface area contributed by atoms with Crippen LogP contribution in [0.2, 0.25) is 5.02 Å². The molecule has 1 heterocycles. The van der Waals surface area contributed by atoms with Crippen LogP contribution in [0.1, 0.15) is 11.3 Å². The molecule has 0 atom stereocenters. The molecular weight excluding hydrogens is 383 g/mol. The van der Waals surface area contributed by atoms with Crippen LogP contribution in [0.25, 0.3) is 22.1 Å². The van der Waals surface area contributed by atoms with Crippen LogP contribution in [-0.2, 0) is 12.7 Å². The number of phenols is 1. The van der Waals surface area contributed by atoms with Gasteiger partial charge in [-0.25, -0.2) is 0 Å². The molecule has 0 aliphatic carbocycles. The molecule has 0 spiro atoms. The Labute approximate surface area is 157 Å². The molecule has 0 unspecified atom stereocenters. The van der Waals surface area contributed by atoms with Gasteiger partial charge in [0.25, 0.3) is 0 Å². The molecule has 3 rings (SSSR count). The van der Waals surface area contributed by atoms with E-state index in [1.54, 1.807) is 20.2 Å². The molecule has 0 aliphatic heterocycles. The number of alkyl halides is 3. The molecule has 8 heteroatoms. The van der Waals surface area contributed by atoms with E-state index in [9.17, 15) is 23.1 Å². The summed E-state index contributed by atoms with van der Waals surface area (Å²) in [5.74, 6) is -1.67. The lowest BCUT2D eigenvalue weighted by atomic mass is 10.00. The van der Waals surface area contributed by atoms with Crippen LogP contribution in [0.5, 0.6) is 5.75 Å². The van der Waals surface area contributed by atoms with E-state index in [2.05, 4.69) is 0 Å². The van der Waals surface area contributed by atoms with Gasteiger partial charge in [0.1, 0.15) is 12.3 Å². The van der Waals surface area contributed by atoms with E-state index in [0.717, 1.165) is 4.90 Å². The molecule has 0 bridgehead atoms. The molecule has 4 nitrogen and oxygen atoms in total. The highest BCUT2D eigenvalue weighted by Gasteiger charge is 2.40. The van der Waals surface area contributed by atoms with E-state index in [4.69, 9.17) is 16.0 Å². The molecule has 2 aromatic carbocycles. The van der Waals surface area contributed by atoms with Crippen molar-refractivity contribution in [1.29, 1.82) is 0 Å². The summed E-state index contributed by atoms with van der Waals surface area (Å²) in [6.07, 6.45) is -4.92. The van der Waals surface area contributed by atoms with Gasteiger partial charge in [-0.05, 0) is 18.2 Å². The van der Waals surface area contributed by atoms with Gasteiger partial charge >= 0.3 is 6.18 Å². The number of hydrogen-bond donors (Lipinski definition) is 2. The van der Waals surface area contributed by atoms with Crippen LogP contribution in [0.3, 0.4) is 0 Å². The fourth-order valence-electron chi connectivity index (χ4n) is 2.94. The zero-order chi connectivity index (χ0) is 19.9. The number of fused-ring (bicyclic) bond motifs is 1. The number of hydrogen-bond acceptors (Lipinski definition) is 3. The minimum absolute atomic E-state index is 0.00591. The molecule has 27 heavy (non-hydrogen) atoms. The van der Waals surface area contributed by atoms with Crippen molar-refractivity contribution in [2.24, 2.45) is 0 Å². The van der Waals surface area contributed by atoms with Gasteiger partial charge in [-0.2, -0.15) is 13.2 Å². The number of phenolic OH excluding ortho intramolecular Hbond substituents is 1. The normalized spacial score (nSPS) is 12.1. The minimum Gasteiger partial charge on any atom is -0.507 e. The van der Waals surface area contributed by atoms with Crippen molar-refractivity contribution in [1.82, 2.24) is 0 Å². The first-order valence-corrected chi connectivity index (χ1v) is 8.42. The first-order chi connectivity index (χ1) is 12.6. The standard InChI is InChI=1S/C19H15ClF3NO3/c1-24(2)9-12-14(25)8-7-11-16(26)15(10-5-3-4-6-13(10)20)18(19(21,22)23)27-17(11)12/h3-8,25H,9H2,1-2H3/p+1. The van der Waals surface area contributed by atoms with Crippen LogP contribution in [0.4, 0.5) is 13.2 Å². The molecule has 0 radical (unpaired) electrons. The third-order valence-corrected chi connectivity index (χ3v) is 4.40. The smallest absolute Gasteiger partial charge is 0.450 e. The molecule has 0 amide bonds. The highest BCUT2D eigenvalue weighted by Crippen LogP contribution is 2.40. The van der Waals surface area contributed by atoms with Crippen molar-refractivity contribution in [3.8, 4) is 16.9 Å². The molecule has 0 fully saturated rings. The van der Waals surface area contributed by atoms with E-state index < -0.39 is 22.9 Å². The van der Waals surface area contributed by atoms with E-state index >= 15 is 0 Å². The maximum absolute atomic E-state index is 13.7. The number of nitrogens with one attached hydrogen (secondary N) is 1. The topological polar surface area (TPSA) is 54.9 Å². The lowest BCUT2D eigenvalue weighted by molar-refractivity contribution is -0.872. The third kappa shape index (κ3) is 3.52. The lowest BCUT2D eigenvalue weighted by Crippen LogP contribution is -3.04. The van der Waals surface area contributed by atoms with E-state index in [-0.39, 0.29) is 39.4 Å². The Morgan fingerprint density at radius 2 is 1.81 bits per heavy atom. The summed E-state index contributed by atoms with van der Waals surface area (Å²) in [6.45, 7) is 0.175. The van der Waals surface area contributed by atoms with Gasteiger partial charge in [0, 0.05) is 10.6 Å². The van der Waals surface area contributed by atoms with Crippen LogP contribution < -0.4 is 10.3 Å². The van der Waals surface area contributed by atoms with Crippen molar-refractivity contribution >= 4 is 22.6 Å². The van der Waals surface area contributed by atoms with Gasteiger partial charge in [-0.15, -0.1) is 0 Å². The maximum atomic E-state index is 13.7. The largest absolute Gasteiger partial charge is 0.507 e. The zero-order valence-electron chi connectivity index (χ0n) is 14.4. The van der Waals surface area contributed by atoms with Gasteiger partial charge in [0.05, 0.1) is 30.6 Å². The van der Waals surface area contributed by atoms with Crippen molar-refractivity contribution < 1.29 is 27.6 Å². The van der Waals surface area contributed by atoms with Gasteiger partial charge < -0.3 is 14.4 Å². The van der Waals surface area contributed by atoms with Crippen LogP contribution in [0, 0.1) is 0 Å². The van der Waals surface area contributed by atoms with Crippen LogP contribution in [0.15, 0.2) is 45.6 Å². The van der Waals surface area contributed by atoms with Crippen molar-refractivity contribution in [2.75, 3.05) is 14.1 Å².